The van der Waals surface area contributed by atoms with Gasteiger partial charge in [-0.1, -0.05) is 6.92 Å². The van der Waals surface area contributed by atoms with E-state index in [9.17, 15) is 8.42 Å². The Balaban J connectivity index is 2.60. The van der Waals surface area contributed by atoms with Crippen LogP contribution in [0.2, 0.25) is 0 Å². The normalized spacial score (nSPS) is 26.5. The van der Waals surface area contributed by atoms with E-state index < -0.39 is 10.2 Å². The van der Waals surface area contributed by atoms with Crippen molar-refractivity contribution in [2.24, 2.45) is 11.7 Å². The first-order valence-corrected chi connectivity index (χ1v) is 6.87. The van der Waals surface area contributed by atoms with Crippen LogP contribution in [0, 0.1) is 5.92 Å². The smallest absolute Gasteiger partial charge is 0.279 e. The van der Waals surface area contributed by atoms with Crippen molar-refractivity contribution in [1.29, 1.82) is 0 Å². The molecular weight excluding hydrogens is 214 g/mol. The third-order valence-electron chi connectivity index (χ3n) is 2.66. The van der Waals surface area contributed by atoms with Gasteiger partial charge in [0.2, 0.25) is 0 Å². The topological polar surface area (TPSA) is 75.4 Å². The van der Waals surface area contributed by atoms with Crippen LogP contribution < -0.4 is 10.5 Å². The Bertz CT molecular complexity index is 292. The fourth-order valence-electron chi connectivity index (χ4n) is 1.74. The van der Waals surface area contributed by atoms with E-state index >= 15 is 0 Å². The number of nitrogens with two attached hydrogens (primary N) is 1. The van der Waals surface area contributed by atoms with Crippen LogP contribution >= 0.6 is 0 Å². The number of nitrogens with zero attached hydrogens (tertiary/aromatic N) is 1. The molecule has 0 aromatic heterocycles. The molecule has 0 spiro atoms. The number of nitrogens with one attached hydrogen (secondary N) is 1. The molecule has 0 bridgehead atoms. The van der Waals surface area contributed by atoms with Gasteiger partial charge in [-0.2, -0.15) is 17.4 Å². The second-order valence-electron chi connectivity index (χ2n) is 4.37. The first kappa shape index (κ1) is 12.9. The zero-order chi connectivity index (χ0) is 11.5. The molecule has 1 aliphatic heterocycles. The summed E-state index contributed by atoms with van der Waals surface area (Å²) in [7, 11) is -3.32. The first-order chi connectivity index (χ1) is 6.95. The van der Waals surface area contributed by atoms with Gasteiger partial charge in [0.25, 0.3) is 10.2 Å². The van der Waals surface area contributed by atoms with Gasteiger partial charge in [0.15, 0.2) is 0 Å². The summed E-state index contributed by atoms with van der Waals surface area (Å²) in [6, 6.07) is -0.202. The van der Waals surface area contributed by atoms with Crippen LogP contribution in [-0.2, 0) is 10.2 Å². The third kappa shape index (κ3) is 3.71. The zero-order valence-corrected chi connectivity index (χ0v) is 10.3. The monoisotopic (exact) mass is 235 g/mol. The van der Waals surface area contributed by atoms with E-state index in [1.807, 2.05) is 0 Å². The van der Waals surface area contributed by atoms with Crippen LogP contribution in [0.4, 0.5) is 0 Å². The van der Waals surface area contributed by atoms with Gasteiger partial charge < -0.3 is 5.73 Å². The molecule has 1 saturated heterocycles. The van der Waals surface area contributed by atoms with E-state index in [0.717, 1.165) is 12.8 Å². The summed E-state index contributed by atoms with van der Waals surface area (Å²) in [6.45, 7) is 5.41. The molecule has 0 aromatic carbocycles. The van der Waals surface area contributed by atoms with Gasteiger partial charge >= 0.3 is 0 Å². The summed E-state index contributed by atoms with van der Waals surface area (Å²) in [4.78, 5) is 0. The average molecular weight is 235 g/mol. The van der Waals surface area contributed by atoms with Crippen LogP contribution in [0.3, 0.4) is 0 Å². The Morgan fingerprint density at radius 1 is 1.60 bits per heavy atom. The van der Waals surface area contributed by atoms with Crippen LogP contribution in [0.25, 0.3) is 0 Å². The molecule has 1 rings (SSSR count). The Labute approximate surface area is 92.2 Å². The molecule has 1 heterocycles. The fourth-order valence-corrected chi connectivity index (χ4v) is 3.32. The highest BCUT2D eigenvalue weighted by Gasteiger charge is 2.27. The van der Waals surface area contributed by atoms with E-state index in [4.69, 9.17) is 5.73 Å². The molecule has 1 aliphatic rings. The first-order valence-electron chi connectivity index (χ1n) is 5.43. The van der Waals surface area contributed by atoms with Crippen molar-refractivity contribution in [3.8, 4) is 0 Å². The van der Waals surface area contributed by atoms with Gasteiger partial charge in [0.1, 0.15) is 0 Å². The van der Waals surface area contributed by atoms with Crippen molar-refractivity contribution in [2.45, 2.75) is 32.7 Å². The highest BCUT2D eigenvalue weighted by atomic mass is 32.2. The predicted molar refractivity (Wildman–Crippen MR) is 60.5 cm³/mol. The SMILES string of the molecule is CC1CCCN(S(=O)(=O)NC(C)CN)C1. The maximum atomic E-state index is 11.9. The van der Waals surface area contributed by atoms with Gasteiger partial charge in [-0.15, -0.1) is 0 Å². The van der Waals surface area contributed by atoms with Crippen LogP contribution in [-0.4, -0.2) is 38.4 Å². The van der Waals surface area contributed by atoms with Gasteiger partial charge in [-0.05, 0) is 25.7 Å². The molecule has 0 amide bonds. The van der Waals surface area contributed by atoms with Crippen LogP contribution in [0.1, 0.15) is 26.7 Å². The summed E-state index contributed by atoms with van der Waals surface area (Å²) in [5, 5.41) is 0. The summed E-state index contributed by atoms with van der Waals surface area (Å²) >= 11 is 0. The van der Waals surface area contributed by atoms with Crippen LogP contribution in [0.5, 0.6) is 0 Å². The molecule has 0 aromatic rings. The number of hydrogen-bond acceptors (Lipinski definition) is 3. The summed E-state index contributed by atoms with van der Waals surface area (Å²) in [6.07, 6.45) is 2.05. The molecular formula is C9H21N3O2S. The van der Waals surface area contributed by atoms with Gasteiger partial charge in [0, 0.05) is 25.7 Å². The Morgan fingerprint density at radius 2 is 2.27 bits per heavy atom. The maximum Gasteiger partial charge on any atom is 0.279 e. The van der Waals surface area contributed by atoms with Crippen molar-refractivity contribution in [3.63, 3.8) is 0 Å². The molecule has 90 valence electrons. The van der Waals surface area contributed by atoms with Crippen molar-refractivity contribution < 1.29 is 8.42 Å². The van der Waals surface area contributed by atoms with Crippen molar-refractivity contribution >= 4 is 10.2 Å². The van der Waals surface area contributed by atoms with E-state index in [0.29, 0.717) is 25.6 Å². The second-order valence-corrected chi connectivity index (χ2v) is 6.07. The quantitative estimate of drug-likeness (QED) is 0.714. The van der Waals surface area contributed by atoms with Gasteiger partial charge in [-0.3, -0.25) is 0 Å². The van der Waals surface area contributed by atoms with Crippen molar-refractivity contribution in [1.82, 2.24) is 9.03 Å². The lowest BCUT2D eigenvalue weighted by atomic mass is 10.0. The molecule has 0 radical (unpaired) electrons. The second kappa shape index (κ2) is 5.25. The Hall–Kier alpha value is -0.170. The highest BCUT2D eigenvalue weighted by Crippen LogP contribution is 2.17. The van der Waals surface area contributed by atoms with Gasteiger partial charge in [0.05, 0.1) is 0 Å². The standard InChI is InChI=1S/C9H21N3O2S/c1-8-4-3-5-12(7-8)15(13,14)11-9(2)6-10/h8-9,11H,3-7,10H2,1-2H3. The highest BCUT2D eigenvalue weighted by molar-refractivity contribution is 7.87. The van der Waals surface area contributed by atoms with E-state index in [-0.39, 0.29) is 6.04 Å². The van der Waals surface area contributed by atoms with Gasteiger partial charge in [-0.25, -0.2) is 0 Å². The van der Waals surface area contributed by atoms with Crippen molar-refractivity contribution in [2.75, 3.05) is 19.6 Å². The lowest BCUT2D eigenvalue weighted by molar-refractivity contribution is 0.277. The van der Waals surface area contributed by atoms with E-state index in [2.05, 4.69) is 11.6 Å². The van der Waals surface area contributed by atoms with Crippen molar-refractivity contribution in [3.05, 3.63) is 0 Å². The molecule has 2 atom stereocenters. The zero-order valence-electron chi connectivity index (χ0n) is 9.44. The maximum absolute atomic E-state index is 11.9. The summed E-state index contributed by atoms with van der Waals surface area (Å²) in [5.74, 6) is 0.448. The lowest BCUT2D eigenvalue weighted by Gasteiger charge is -2.30. The fraction of sp³-hybridized carbons (Fsp3) is 1.00. The third-order valence-corrected chi connectivity index (χ3v) is 4.38. The number of hydrogen-bond donors (Lipinski definition) is 2. The summed E-state index contributed by atoms with van der Waals surface area (Å²) in [5.41, 5.74) is 5.39. The molecule has 0 saturated carbocycles. The molecule has 5 nitrogen and oxygen atoms in total. The Kier molecular flexibility index (Phi) is 4.51. The van der Waals surface area contributed by atoms with E-state index in [1.54, 1.807) is 6.92 Å². The lowest BCUT2D eigenvalue weighted by Crippen LogP contribution is -2.49. The molecule has 0 aliphatic carbocycles. The number of piperidine rings is 1. The predicted octanol–water partition coefficient (Wildman–Crippen LogP) is -0.100. The molecule has 15 heavy (non-hydrogen) atoms. The Morgan fingerprint density at radius 3 is 2.80 bits per heavy atom. The minimum atomic E-state index is -3.32. The summed E-state index contributed by atoms with van der Waals surface area (Å²) < 4.78 is 27.8. The number of rotatable bonds is 4. The largest absolute Gasteiger partial charge is 0.329 e. The molecule has 1 fully saturated rings. The molecule has 3 N–H and O–H groups in total. The molecule has 2 unspecified atom stereocenters. The van der Waals surface area contributed by atoms with E-state index in [1.165, 1.54) is 4.31 Å². The molecule has 6 heteroatoms. The van der Waals surface area contributed by atoms with Crippen LogP contribution in [0.15, 0.2) is 0 Å². The average Bonchev–Trinajstić information content (AvgIpc) is 2.17. The minimum absolute atomic E-state index is 0.202. The minimum Gasteiger partial charge on any atom is -0.329 e.